The van der Waals surface area contributed by atoms with Gasteiger partial charge in [0.15, 0.2) is 0 Å². The second kappa shape index (κ2) is 8.24. The van der Waals surface area contributed by atoms with E-state index in [0.29, 0.717) is 0 Å². The minimum absolute atomic E-state index is 0.134. The lowest BCUT2D eigenvalue weighted by molar-refractivity contribution is -0.123. The van der Waals surface area contributed by atoms with E-state index in [1.807, 2.05) is 37.3 Å². The van der Waals surface area contributed by atoms with Crippen molar-refractivity contribution >= 4 is 11.8 Å². The van der Waals surface area contributed by atoms with Crippen LogP contribution in [-0.2, 0) is 9.59 Å². The molecule has 2 N–H and O–H groups in total. The molecule has 0 spiro atoms. The smallest absolute Gasteiger partial charge is 0.222 e. The molecule has 2 amide bonds. The lowest BCUT2D eigenvalue weighted by Crippen LogP contribution is -2.33. The molecule has 0 aliphatic rings. The minimum atomic E-state index is -0.385. The third-order valence-electron chi connectivity index (χ3n) is 3.72. The maximum absolute atomic E-state index is 13.0. The van der Waals surface area contributed by atoms with Gasteiger partial charge in [-0.2, -0.15) is 0 Å². The van der Waals surface area contributed by atoms with Gasteiger partial charge in [-0.25, -0.2) is 4.39 Å². The number of amides is 2. The SMILES string of the molecule is CC(=O)N[C@@H](CC(=O)N[C@H](C)c1ccc(F)cc1)c1ccccc1. The topological polar surface area (TPSA) is 58.2 Å². The van der Waals surface area contributed by atoms with Crippen molar-refractivity contribution in [2.45, 2.75) is 32.4 Å². The van der Waals surface area contributed by atoms with Gasteiger partial charge in [-0.05, 0) is 30.2 Å². The predicted octanol–water partition coefficient (Wildman–Crippen LogP) is 3.27. The van der Waals surface area contributed by atoms with Crippen LogP contribution >= 0.6 is 0 Å². The minimum Gasteiger partial charge on any atom is -0.350 e. The van der Waals surface area contributed by atoms with Crippen molar-refractivity contribution in [3.8, 4) is 0 Å². The van der Waals surface area contributed by atoms with Crippen molar-refractivity contribution in [1.82, 2.24) is 10.6 Å². The molecule has 126 valence electrons. The first-order chi connectivity index (χ1) is 11.5. The fourth-order valence-electron chi connectivity index (χ4n) is 2.50. The van der Waals surface area contributed by atoms with Gasteiger partial charge < -0.3 is 10.6 Å². The maximum atomic E-state index is 13.0. The Balaban J connectivity index is 2.02. The first-order valence-electron chi connectivity index (χ1n) is 7.82. The van der Waals surface area contributed by atoms with Gasteiger partial charge in [0, 0.05) is 6.92 Å². The highest BCUT2D eigenvalue weighted by Gasteiger charge is 2.18. The van der Waals surface area contributed by atoms with Crippen LogP contribution < -0.4 is 10.6 Å². The molecule has 2 aromatic rings. The molecule has 2 aromatic carbocycles. The summed E-state index contributed by atoms with van der Waals surface area (Å²) in [6.07, 6.45) is 0.134. The molecule has 0 radical (unpaired) electrons. The van der Waals surface area contributed by atoms with Gasteiger partial charge in [-0.15, -0.1) is 0 Å². The molecule has 2 atom stereocenters. The summed E-state index contributed by atoms with van der Waals surface area (Å²) in [7, 11) is 0. The van der Waals surface area contributed by atoms with E-state index in [2.05, 4.69) is 10.6 Å². The second-order valence-electron chi connectivity index (χ2n) is 5.71. The normalized spacial score (nSPS) is 13.0. The molecule has 0 saturated heterocycles. The summed E-state index contributed by atoms with van der Waals surface area (Å²) in [5.41, 5.74) is 1.69. The van der Waals surface area contributed by atoms with Gasteiger partial charge >= 0.3 is 0 Å². The van der Waals surface area contributed by atoms with E-state index in [-0.39, 0.29) is 36.1 Å². The third kappa shape index (κ3) is 5.19. The Morgan fingerprint density at radius 3 is 2.17 bits per heavy atom. The molecule has 0 fully saturated rings. The molecule has 0 heterocycles. The Bertz CT molecular complexity index is 686. The molecule has 4 nitrogen and oxygen atoms in total. The monoisotopic (exact) mass is 328 g/mol. The van der Waals surface area contributed by atoms with Crippen LogP contribution in [0.3, 0.4) is 0 Å². The van der Waals surface area contributed by atoms with Crippen molar-refractivity contribution in [3.05, 3.63) is 71.5 Å². The molecular formula is C19H21FN2O2. The van der Waals surface area contributed by atoms with Crippen LogP contribution in [0.2, 0.25) is 0 Å². The summed E-state index contributed by atoms with van der Waals surface area (Å²) in [6, 6.07) is 14.7. The summed E-state index contributed by atoms with van der Waals surface area (Å²) in [5.74, 6) is -0.690. The highest BCUT2D eigenvalue weighted by atomic mass is 19.1. The van der Waals surface area contributed by atoms with Crippen LogP contribution in [0.5, 0.6) is 0 Å². The van der Waals surface area contributed by atoms with Crippen LogP contribution in [0.1, 0.15) is 43.5 Å². The van der Waals surface area contributed by atoms with Crippen LogP contribution in [0, 0.1) is 5.82 Å². The molecule has 0 aliphatic heterocycles. The number of hydrogen-bond acceptors (Lipinski definition) is 2. The van der Waals surface area contributed by atoms with Crippen molar-refractivity contribution in [2.75, 3.05) is 0 Å². The number of carbonyl (C=O) groups is 2. The Morgan fingerprint density at radius 2 is 1.58 bits per heavy atom. The first-order valence-corrected chi connectivity index (χ1v) is 7.82. The largest absolute Gasteiger partial charge is 0.350 e. The number of halogens is 1. The van der Waals surface area contributed by atoms with E-state index in [1.165, 1.54) is 19.1 Å². The van der Waals surface area contributed by atoms with Crippen LogP contribution in [0.15, 0.2) is 54.6 Å². The summed E-state index contributed by atoms with van der Waals surface area (Å²) < 4.78 is 13.0. The predicted molar refractivity (Wildman–Crippen MR) is 90.6 cm³/mol. The summed E-state index contributed by atoms with van der Waals surface area (Å²) >= 11 is 0. The average molecular weight is 328 g/mol. The fraction of sp³-hybridized carbons (Fsp3) is 0.263. The van der Waals surface area contributed by atoms with E-state index >= 15 is 0 Å². The van der Waals surface area contributed by atoms with Crippen LogP contribution in [0.4, 0.5) is 4.39 Å². The molecule has 0 aliphatic carbocycles. The first kappa shape index (κ1) is 17.7. The third-order valence-corrected chi connectivity index (χ3v) is 3.72. The van der Waals surface area contributed by atoms with Crippen LogP contribution in [0.25, 0.3) is 0 Å². The Labute approximate surface area is 141 Å². The molecule has 5 heteroatoms. The van der Waals surface area contributed by atoms with E-state index in [0.717, 1.165) is 11.1 Å². The zero-order valence-electron chi connectivity index (χ0n) is 13.8. The van der Waals surface area contributed by atoms with Crippen LogP contribution in [-0.4, -0.2) is 11.8 Å². The van der Waals surface area contributed by atoms with Crippen molar-refractivity contribution < 1.29 is 14.0 Å². The molecule has 0 unspecified atom stereocenters. The van der Waals surface area contributed by atoms with Gasteiger partial charge in [0.2, 0.25) is 11.8 Å². The fourth-order valence-corrected chi connectivity index (χ4v) is 2.50. The number of carbonyl (C=O) groups excluding carboxylic acids is 2. The van der Waals surface area contributed by atoms with Crippen molar-refractivity contribution in [2.24, 2.45) is 0 Å². The summed E-state index contributed by atoms with van der Waals surface area (Å²) in [6.45, 7) is 3.26. The standard InChI is InChI=1S/C19H21FN2O2/c1-13(15-8-10-17(20)11-9-15)21-19(24)12-18(22-14(2)23)16-6-4-3-5-7-16/h3-11,13,18H,12H2,1-2H3,(H,21,24)(H,22,23)/t13-,18+/m1/s1. The lowest BCUT2D eigenvalue weighted by atomic mass is 10.0. The highest BCUT2D eigenvalue weighted by molar-refractivity contribution is 5.79. The van der Waals surface area contributed by atoms with Gasteiger partial charge in [-0.1, -0.05) is 42.5 Å². The van der Waals surface area contributed by atoms with Crippen molar-refractivity contribution in [1.29, 1.82) is 0 Å². The number of hydrogen-bond donors (Lipinski definition) is 2. The van der Waals surface area contributed by atoms with E-state index in [1.54, 1.807) is 12.1 Å². The molecule has 24 heavy (non-hydrogen) atoms. The van der Waals surface area contributed by atoms with E-state index in [4.69, 9.17) is 0 Å². The highest BCUT2D eigenvalue weighted by Crippen LogP contribution is 2.18. The summed E-state index contributed by atoms with van der Waals surface area (Å²) in [4.78, 5) is 23.7. The zero-order valence-corrected chi connectivity index (χ0v) is 13.8. The molecule has 0 aromatic heterocycles. The summed E-state index contributed by atoms with van der Waals surface area (Å²) in [5, 5.41) is 5.67. The van der Waals surface area contributed by atoms with Gasteiger partial charge in [0.1, 0.15) is 5.82 Å². The van der Waals surface area contributed by atoms with Gasteiger partial charge in [0.25, 0.3) is 0 Å². The second-order valence-corrected chi connectivity index (χ2v) is 5.71. The average Bonchev–Trinajstić information content (AvgIpc) is 2.55. The number of rotatable bonds is 6. The molecule has 2 rings (SSSR count). The van der Waals surface area contributed by atoms with E-state index in [9.17, 15) is 14.0 Å². The molecular weight excluding hydrogens is 307 g/mol. The molecule has 0 saturated carbocycles. The zero-order chi connectivity index (χ0) is 17.5. The van der Waals surface area contributed by atoms with Crippen molar-refractivity contribution in [3.63, 3.8) is 0 Å². The Morgan fingerprint density at radius 1 is 0.958 bits per heavy atom. The van der Waals surface area contributed by atoms with Gasteiger partial charge in [0.05, 0.1) is 18.5 Å². The number of benzene rings is 2. The Hall–Kier alpha value is -2.69. The lowest BCUT2D eigenvalue weighted by Gasteiger charge is -2.20. The number of nitrogens with one attached hydrogen (secondary N) is 2. The quantitative estimate of drug-likeness (QED) is 0.855. The van der Waals surface area contributed by atoms with E-state index < -0.39 is 0 Å². The van der Waals surface area contributed by atoms with Gasteiger partial charge in [-0.3, -0.25) is 9.59 Å². The maximum Gasteiger partial charge on any atom is 0.222 e. The Kier molecular flexibility index (Phi) is 6.07. The molecule has 0 bridgehead atoms.